The van der Waals surface area contributed by atoms with Gasteiger partial charge in [-0.15, -0.1) is 0 Å². The van der Waals surface area contributed by atoms with Crippen LogP contribution in [0, 0.1) is 10.1 Å². The molecule has 0 unspecified atom stereocenters. The van der Waals surface area contributed by atoms with Gasteiger partial charge in [0.2, 0.25) is 5.91 Å². The van der Waals surface area contributed by atoms with Gasteiger partial charge in [0.1, 0.15) is 0 Å². The van der Waals surface area contributed by atoms with Gasteiger partial charge in [-0.2, -0.15) is 0 Å². The molecule has 2 rings (SSSR count). The van der Waals surface area contributed by atoms with Gasteiger partial charge in [0.15, 0.2) is 0 Å². The third-order valence-electron chi connectivity index (χ3n) is 3.46. The molecular formula is C15H18N2O3. The van der Waals surface area contributed by atoms with Crippen molar-refractivity contribution in [3.63, 3.8) is 0 Å². The van der Waals surface area contributed by atoms with Crippen molar-refractivity contribution in [2.24, 2.45) is 0 Å². The highest BCUT2D eigenvalue weighted by atomic mass is 16.6. The van der Waals surface area contributed by atoms with Crippen LogP contribution < -0.4 is 0 Å². The number of nitro benzene ring substituents is 1. The first-order valence-electron chi connectivity index (χ1n) is 6.89. The molecule has 1 aliphatic rings. The highest BCUT2D eigenvalue weighted by Gasteiger charge is 2.14. The lowest BCUT2D eigenvalue weighted by Crippen LogP contribution is -2.30. The van der Waals surface area contributed by atoms with Crippen LogP contribution in [0.25, 0.3) is 6.08 Å². The van der Waals surface area contributed by atoms with Crippen LogP contribution >= 0.6 is 0 Å². The molecule has 0 radical (unpaired) electrons. The fourth-order valence-electron chi connectivity index (χ4n) is 2.35. The molecule has 0 spiro atoms. The number of rotatable bonds is 3. The zero-order valence-electron chi connectivity index (χ0n) is 11.3. The van der Waals surface area contributed by atoms with Crippen molar-refractivity contribution < 1.29 is 9.72 Å². The molecule has 5 heteroatoms. The number of amides is 1. The number of carbonyl (C=O) groups is 1. The highest BCUT2D eigenvalue weighted by Crippen LogP contribution is 2.19. The van der Waals surface area contributed by atoms with E-state index in [4.69, 9.17) is 0 Å². The lowest BCUT2D eigenvalue weighted by Gasteiger charge is -2.17. The van der Waals surface area contributed by atoms with E-state index in [2.05, 4.69) is 0 Å². The minimum absolute atomic E-state index is 0.0208. The molecule has 20 heavy (non-hydrogen) atoms. The van der Waals surface area contributed by atoms with E-state index in [9.17, 15) is 14.9 Å². The number of carbonyl (C=O) groups excluding carboxylic acids is 1. The van der Waals surface area contributed by atoms with Crippen LogP contribution in [0.15, 0.2) is 30.3 Å². The normalized spacial score (nSPS) is 16.1. The summed E-state index contributed by atoms with van der Waals surface area (Å²) >= 11 is 0. The zero-order valence-corrected chi connectivity index (χ0v) is 11.3. The monoisotopic (exact) mass is 274 g/mol. The van der Waals surface area contributed by atoms with E-state index in [0.717, 1.165) is 38.8 Å². The van der Waals surface area contributed by atoms with Crippen molar-refractivity contribution in [3.05, 3.63) is 46.0 Å². The smallest absolute Gasteiger partial charge is 0.276 e. The average molecular weight is 274 g/mol. The maximum absolute atomic E-state index is 12.1. The van der Waals surface area contributed by atoms with Crippen molar-refractivity contribution in [2.45, 2.75) is 25.7 Å². The molecule has 1 saturated heterocycles. The number of nitrogens with zero attached hydrogens (tertiary/aromatic N) is 2. The molecule has 1 aromatic rings. The van der Waals surface area contributed by atoms with Crippen molar-refractivity contribution in [1.82, 2.24) is 4.90 Å². The Labute approximate surface area is 118 Å². The molecule has 5 nitrogen and oxygen atoms in total. The second kappa shape index (κ2) is 6.84. The fourth-order valence-corrected chi connectivity index (χ4v) is 2.35. The quantitative estimate of drug-likeness (QED) is 0.483. The summed E-state index contributed by atoms with van der Waals surface area (Å²) in [6.07, 6.45) is 7.37. The average Bonchev–Trinajstić information content (AvgIpc) is 2.74. The fraction of sp³-hybridized carbons (Fsp3) is 0.400. The molecule has 0 atom stereocenters. The molecule has 0 aliphatic carbocycles. The van der Waals surface area contributed by atoms with Crippen molar-refractivity contribution in [3.8, 4) is 0 Å². The molecule has 0 bridgehead atoms. The van der Waals surface area contributed by atoms with Gasteiger partial charge in [-0.1, -0.05) is 25.0 Å². The number of para-hydroxylation sites is 1. The summed E-state index contributed by atoms with van der Waals surface area (Å²) in [5, 5.41) is 10.9. The van der Waals surface area contributed by atoms with Crippen molar-refractivity contribution in [2.75, 3.05) is 13.1 Å². The molecule has 0 N–H and O–H groups in total. The van der Waals surface area contributed by atoms with Gasteiger partial charge in [0, 0.05) is 25.2 Å². The van der Waals surface area contributed by atoms with Gasteiger partial charge < -0.3 is 4.90 Å². The maximum Gasteiger partial charge on any atom is 0.276 e. The van der Waals surface area contributed by atoms with Gasteiger partial charge in [-0.05, 0) is 25.0 Å². The third kappa shape index (κ3) is 3.66. The molecule has 106 valence electrons. The predicted molar refractivity (Wildman–Crippen MR) is 77.2 cm³/mol. The summed E-state index contributed by atoms with van der Waals surface area (Å²) in [5.41, 5.74) is 0.480. The Morgan fingerprint density at radius 1 is 1.15 bits per heavy atom. The largest absolute Gasteiger partial charge is 0.339 e. The van der Waals surface area contributed by atoms with Crippen LogP contribution in [0.3, 0.4) is 0 Å². The number of likely N-dealkylation sites (tertiary alicyclic amines) is 1. The molecular weight excluding hydrogens is 256 g/mol. The number of nitro groups is 1. The minimum atomic E-state index is -0.434. The Hall–Kier alpha value is -2.17. The van der Waals surface area contributed by atoms with Gasteiger partial charge in [0.05, 0.1) is 10.5 Å². The van der Waals surface area contributed by atoms with Crippen LogP contribution in [0.1, 0.15) is 31.2 Å². The first-order valence-corrected chi connectivity index (χ1v) is 6.89. The Morgan fingerprint density at radius 3 is 2.45 bits per heavy atom. The standard InChI is InChI=1S/C15H18N2O3/c18-15(16-11-5-1-2-6-12-16)10-9-13-7-3-4-8-14(13)17(19)20/h3-4,7-10H,1-2,5-6,11-12H2/b10-9+. The molecule has 0 saturated carbocycles. The lowest BCUT2D eigenvalue weighted by atomic mass is 10.1. The summed E-state index contributed by atoms with van der Waals surface area (Å²) in [5.74, 6) is -0.0648. The Morgan fingerprint density at radius 2 is 1.80 bits per heavy atom. The summed E-state index contributed by atoms with van der Waals surface area (Å²) in [6, 6.07) is 6.43. The second-order valence-electron chi connectivity index (χ2n) is 4.89. The summed E-state index contributed by atoms with van der Waals surface area (Å²) in [4.78, 5) is 24.3. The summed E-state index contributed by atoms with van der Waals surface area (Å²) in [6.45, 7) is 1.56. The molecule has 1 amide bonds. The van der Waals surface area contributed by atoms with Crippen LogP contribution in [0.2, 0.25) is 0 Å². The number of hydrogen-bond acceptors (Lipinski definition) is 3. The maximum atomic E-state index is 12.1. The van der Waals surface area contributed by atoms with E-state index < -0.39 is 4.92 Å². The van der Waals surface area contributed by atoms with Crippen LogP contribution in [-0.4, -0.2) is 28.8 Å². The molecule has 1 fully saturated rings. The van der Waals surface area contributed by atoms with Gasteiger partial charge in [-0.3, -0.25) is 14.9 Å². The van der Waals surface area contributed by atoms with E-state index in [1.165, 1.54) is 18.2 Å². The van der Waals surface area contributed by atoms with Crippen molar-refractivity contribution in [1.29, 1.82) is 0 Å². The Balaban J connectivity index is 2.08. The van der Waals surface area contributed by atoms with Gasteiger partial charge >= 0.3 is 0 Å². The molecule has 1 aromatic carbocycles. The minimum Gasteiger partial charge on any atom is -0.339 e. The van der Waals surface area contributed by atoms with E-state index in [1.807, 2.05) is 4.90 Å². The number of benzene rings is 1. The molecule has 0 aromatic heterocycles. The van der Waals surface area contributed by atoms with Crippen LogP contribution in [0.5, 0.6) is 0 Å². The van der Waals surface area contributed by atoms with Crippen LogP contribution in [-0.2, 0) is 4.79 Å². The lowest BCUT2D eigenvalue weighted by molar-refractivity contribution is -0.385. The third-order valence-corrected chi connectivity index (χ3v) is 3.46. The Kier molecular flexibility index (Phi) is 4.87. The molecule has 1 heterocycles. The van der Waals surface area contributed by atoms with Gasteiger partial charge in [-0.25, -0.2) is 0 Å². The Bertz CT molecular complexity index is 518. The van der Waals surface area contributed by atoms with E-state index >= 15 is 0 Å². The molecule has 1 aliphatic heterocycles. The van der Waals surface area contributed by atoms with Crippen molar-refractivity contribution >= 4 is 17.7 Å². The number of hydrogen-bond donors (Lipinski definition) is 0. The summed E-state index contributed by atoms with van der Waals surface area (Å²) in [7, 11) is 0. The summed E-state index contributed by atoms with van der Waals surface area (Å²) < 4.78 is 0. The zero-order chi connectivity index (χ0) is 14.4. The van der Waals surface area contributed by atoms with E-state index in [1.54, 1.807) is 18.2 Å². The van der Waals surface area contributed by atoms with Crippen LogP contribution in [0.4, 0.5) is 5.69 Å². The van der Waals surface area contributed by atoms with Gasteiger partial charge in [0.25, 0.3) is 5.69 Å². The first kappa shape index (κ1) is 14.2. The first-order chi connectivity index (χ1) is 9.68. The van der Waals surface area contributed by atoms with E-state index in [0.29, 0.717) is 5.56 Å². The topological polar surface area (TPSA) is 63.4 Å². The SMILES string of the molecule is O=C(/C=C/c1ccccc1[N+](=O)[O-])N1CCCCCC1. The predicted octanol–water partition coefficient (Wildman–Crippen LogP) is 3.01. The van der Waals surface area contributed by atoms with E-state index in [-0.39, 0.29) is 11.6 Å². The highest BCUT2D eigenvalue weighted by molar-refractivity contribution is 5.92. The second-order valence-corrected chi connectivity index (χ2v) is 4.89.